The van der Waals surface area contributed by atoms with Gasteiger partial charge in [-0.25, -0.2) is 0 Å². The fraction of sp³-hybridized carbons (Fsp3) is 0.391. The van der Waals surface area contributed by atoms with Gasteiger partial charge in [0.1, 0.15) is 5.75 Å². The van der Waals surface area contributed by atoms with Crippen molar-refractivity contribution in [1.29, 1.82) is 0 Å². The zero-order valence-electron chi connectivity index (χ0n) is 18.0. The zero-order chi connectivity index (χ0) is 22.9. The summed E-state index contributed by atoms with van der Waals surface area (Å²) in [6.45, 7) is 2.02. The number of hydrogen-bond donors (Lipinski definition) is 4. The first-order valence-corrected chi connectivity index (χ1v) is 12.3. The molecule has 4 N–H and O–H groups in total. The molecule has 2 amide bonds. The van der Waals surface area contributed by atoms with Crippen LogP contribution in [0, 0.1) is 0 Å². The van der Waals surface area contributed by atoms with Gasteiger partial charge in [-0.05, 0) is 29.7 Å². The van der Waals surface area contributed by atoms with Gasteiger partial charge in [-0.15, -0.1) is 0 Å². The Kier molecular flexibility index (Phi) is 6.55. The number of carbonyl (C=O) groups is 2. The van der Waals surface area contributed by atoms with E-state index in [1.165, 1.54) is 0 Å². The molecule has 1 fully saturated rings. The molecule has 4 rings (SSSR count). The SMILES string of the molecule is CN(C(=O)Cc1ccc2c(c1)NC(=O)CS2(O)O)[C@H](CN1CC[C@H](O)C1)c1ccccc1. The first-order valence-electron chi connectivity index (χ1n) is 10.6. The van der Waals surface area contributed by atoms with Gasteiger partial charge in [0.05, 0.1) is 29.1 Å². The number of anilines is 1. The zero-order valence-corrected chi connectivity index (χ0v) is 18.8. The van der Waals surface area contributed by atoms with Crippen LogP contribution in [0.4, 0.5) is 5.69 Å². The number of nitrogens with one attached hydrogen (secondary N) is 1. The Morgan fingerprint density at radius 1 is 1.25 bits per heavy atom. The molecule has 0 radical (unpaired) electrons. The average Bonchev–Trinajstić information content (AvgIpc) is 3.16. The summed E-state index contributed by atoms with van der Waals surface area (Å²) >= 11 is 0. The molecule has 2 aromatic rings. The quantitative estimate of drug-likeness (QED) is 0.528. The predicted octanol–water partition coefficient (Wildman–Crippen LogP) is 2.56. The van der Waals surface area contributed by atoms with Crippen molar-refractivity contribution in [3.05, 3.63) is 59.7 Å². The van der Waals surface area contributed by atoms with Gasteiger partial charge in [0.2, 0.25) is 11.8 Å². The number of fused-ring (bicyclic) bond motifs is 1. The number of hydrogen-bond acceptors (Lipinski definition) is 6. The summed E-state index contributed by atoms with van der Waals surface area (Å²) < 4.78 is 20.4. The molecule has 2 aromatic carbocycles. The molecule has 2 aliphatic rings. The van der Waals surface area contributed by atoms with E-state index in [4.69, 9.17) is 0 Å². The van der Waals surface area contributed by atoms with Gasteiger partial charge in [0, 0.05) is 26.7 Å². The second-order valence-electron chi connectivity index (χ2n) is 8.50. The molecule has 8 nitrogen and oxygen atoms in total. The summed E-state index contributed by atoms with van der Waals surface area (Å²) in [6, 6.07) is 14.6. The molecule has 0 unspecified atom stereocenters. The summed E-state index contributed by atoms with van der Waals surface area (Å²) in [5.74, 6) is -0.882. The van der Waals surface area contributed by atoms with Crippen molar-refractivity contribution in [2.75, 3.05) is 37.8 Å². The van der Waals surface area contributed by atoms with Crippen LogP contribution in [0.1, 0.15) is 23.6 Å². The summed E-state index contributed by atoms with van der Waals surface area (Å²) in [4.78, 5) is 29.2. The van der Waals surface area contributed by atoms with Gasteiger partial charge in [0.25, 0.3) is 0 Å². The Morgan fingerprint density at radius 2 is 2.00 bits per heavy atom. The van der Waals surface area contributed by atoms with Crippen molar-refractivity contribution in [2.45, 2.75) is 29.9 Å². The van der Waals surface area contributed by atoms with Crippen LogP contribution >= 0.6 is 10.6 Å². The van der Waals surface area contributed by atoms with E-state index in [2.05, 4.69) is 10.2 Å². The van der Waals surface area contributed by atoms with Gasteiger partial charge in [-0.2, -0.15) is 10.6 Å². The summed E-state index contributed by atoms with van der Waals surface area (Å²) in [5.41, 5.74) is 2.05. The Balaban J connectivity index is 1.52. The normalized spacial score (nSPS) is 22.0. The van der Waals surface area contributed by atoms with E-state index in [1.54, 1.807) is 30.1 Å². The third kappa shape index (κ3) is 4.97. The van der Waals surface area contributed by atoms with Crippen molar-refractivity contribution in [3.8, 4) is 0 Å². The summed E-state index contributed by atoms with van der Waals surface area (Å²) in [6.07, 6.45) is 0.523. The Bertz CT molecular complexity index is 1000. The molecule has 2 aliphatic heterocycles. The molecule has 0 saturated carbocycles. The number of amides is 2. The van der Waals surface area contributed by atoms with Crippen LogP contribution < -0.4 is 5.32 Å². The highest BCUT2D eigenvalue weighted by atomic mass is 32.3. The fourth-order valence-corrected chi connectivity index (χ4v) is 5.68. The molecule has 32 heavy (non-hydrogen) atoms. The number of carbonyl (C=O) groups excluding carboxylic acids is 2. The van der Waals surface area contributed by atoms with Crippen LogP contribution in [0.3, 0.4) is 0 Å². The first kappa shape index (κ1) is 22.8. The standard InChI is InChI=1S/C23H29N3O5S/c1-25(20(17-5-3-2-4-6-17)14-26-10-9-18(27)13-26)23(29)12-16-7-8-21-19(11-16)24-22(28)15-32(21,30)31/h2-8,11,18,20,27,30-31H,9-10,12-15H2,1H3,(H,24,28)/t18-,20+/m0/s1. The maximum atomic E-state index is 13.2. The van der Waals surface area contributed by atoms with Crippen LogP contribution in [-0.4, -0.2) is 74.4 Å². The maximum absolute atomic E-state index is 13.2. The highest BCUT2D eigenvalue weighted by molar-refractivity contribution is 8.25. The molecular formula is C23H29N3O5S. The van der Waals surface area contributed by atoms with Crippen LogP contribution in [0.5, 0.6) is 0 Å². The van der Waals surface area contributed by atoms with E-state index < -0.39 is 16.5 Å². The van der Waals surface area contributed by atoms with Gasteiger partial charge < -0.3 is 15.3 Å². The molecule has 0 spiro atoms. The van der Waals surface area contributed by atoms with E-state index in [0.717, 1.165) is 18.5 Å². The smallest absolute Gasteiger partial charge is 0.244 e. The number of benzene rings is 2. The van der Waals surface area contributed by atoms with E-state index in [9.17, 15) is 23.8 Å². The molecular weight excluding hydrogens is 430 g/mol. The lowest BCUT2D eigenvalue weighted by Crippen LogP contribution is -2.39. The average molecular weight is 460 g/mol. The minimum atomic E-state index is -3.15. The number of likely N-dealkylation sites (N-methyl/N-ethyl adjacent to an activating group) is 1. The van der Waals surface area contributed by atoms with Crippen LogP contribution in [-0.2, 0) is 16.0 Å². The van der Waals surface area contributed by atoms with Gasteiger partial charge in [0.15, 0.2) is 0 Å². The highest BCUT2D eigenvalue weighted by Gasteiger charge is 2.31. The molecule has 2 atom stereocenters. The van der Waals surface area contributed by atoms with Gasteiger partial charge >= 0.3 is 0 Å². The molecule has 1 saturated heterocycles. The molecule has 172 valence electrons. The summed E-state index contributed by atoms with van der Waals surface area (Å²) in [5, 5.41) is 12.6. The highest BCUT2D eigenvalue weighted by Crippen LogP contribution is 2.53. The van der Waals surface area contributed by atoms with Crippen LogP contribution in [0.2, 0.25) is 0 Å². The van der Waals surface area contributed by atoms with E-state index in [1.807, 2.05) is 30.3 Å². The molecule has 2 heterocycles. The number of β-amino-alcohol motifs (C(OH)–C–C–N with tert-alkyl or cyclic N) is 1. The number of aliphatic hydroxyl groups excluding tert-OH is 1. The fourth-order valence-electron chi connectivity index (χ4n) is 4.34. The van der Waals surface area contributed by atoms with E-state index in [-0.39, 0.29) is 30.2 Å². The van der Waals surface area contributed by atoms with E-state index >= 15 is 0 Å². The number of nitrogens with zero attached hydrogens (tertiary/aromatic N) is 2. The maximum Gasteiger partial charge on any atom is 0.244 e. The topological polar surface area (TPSA) is 113 Å². The molecule has 9 heteroatoms. The second kappa shape index (κ2) is 9.21. The number of likely N-dealkylation sites (tertiary alicyclic amines) is 1. The van der Waals surface area contributed by atoms with E-state index in [0.29, 0.717) is 29.2 Å². The molecule has 0 aromatic heterocycles. The van der Waals surface area contributed by atoms with Crippen molar-refractivity contribution in [2.24, 2.45) is 0 Å². The first-order chi connectivity index (χ1) is 15.2. The predicted molar refractivity (Wildman–Crippen MR) is 124 cm³/mol. The van der Waals surface area contributed by atoms with Gasteiger partial charge in [-0.1, -0.05) is 36.4 Å². The minimum absolute atomic E-state index is 0.0905. The largest absolute Gasteiger partial charge is 0.392 e. The third-order valence-electron chi connectivity index (χ3n) is 6.08. The number of rotatable bonds is 6. The monoisotopic (exact) mass is 459 g/mol. The lowest BCUT2D eigenvalue weighted by molar-refractivity contribution is -0.131. The van der Waals surface area contributed by atoms with Gasteiger partial charge in [-0.3, -0.25) is 23.6 Å². The third-order valence-corrected chi connectivity index (χ3v) is 7.81. The molecule has 0 aliphatic carbocycles. The number of aliphatic hydroxyl groups is 1. The van der Waals surface area contributed by atoms with Crippen molar-refractivity contribution in [3.63, 3.8) is 0 Å². The van der Waals surface area contributed by atoms with Crippen molar-refractivity contribution in [1.82, 2.24) is 9.80 Å². The Labute approximate surface area is 189 Å². The minimum Gasteiger partial charge on any atom is -0.392 e. The van der Waals surface area contributed by atoms with Crippen molar-refractivity contribution < 1.29 is 23.8 Å². The van der Waals surface area contributed by atoms with Crippen LogP contribution in [0.25, 0.3) is 0 Å². The van der Waals surface area contributed by atoms with Crippen molar-refractivity contribution >= 4 is 28.1 Å². The lowest BCUT2D eigenvalue weighted by atomic mass is 10.0. The van der Waals surface area contributed by atoms with Crippen LogP contribution in [0.15, 0.2) is 53.4 Å². The Hall–Kier alpha value is -2.43. The lowest BCUT2D eigenvalue weighted by Gasteiger charge is -2.37. The Morgan fingerprint density at radius 3 is 2.69 bits per heavy atom. The summed E-state index contributed by atoms with van der Waals surface area (Å²) in [7, 11) is -1.37. The second-order valence-corrected chi connectivity index (χ2v) is 10.6. The molecule has 0 bridgehead atoms.